The Morgan fingerprint density at radius 2 is 1.56 bits per heavy atom. The zero-order chi connectivity index (χ0) is 19.2. The van der Waals surface area contributed by atoms with Crippen LogP contribution in [0.3, 0.4) is 0 Å². The topological polar surface area (TPSA) is 75.5 Å². The van der Waals surface area contributed by atoms with Gasteiger partial charge in [-0.3, -0.25) is 4.79 Å². The van der Waals surface area contributed by atoms with Gasteiger partial charge in [0.2, 0.25) is 5.16 Å². The summed E-state index contributed by atoms with van der Waals surface area (Å²) in [6.45, 7) is 0. The van der Waals surface area contributed by atoms with Crippen molar-refractivity contribution >= 4 is 17.7 Å². The van der Waals surface area contributed by atoms with Gasteiger partial charge < -0.3 is 14.2 Å². The molecule has 0 aliphatic carbocycles. The average molecular weight is 385 g/mol. The third kappa shape index (κ3) is 4.40. The van der Waals surface area contributed by atoms with Crippen molar-refractivity contribution in [2.75, 3.05) is 27.1 Å². The minimum absolute atomic E-state index is 0.144. The number of ether oxygens (including phenoxy) is 3. The van der Waals surface area contributed by atoms with Crippen molar-refractivity contribution in [1.29, 1.82) is 0 Å². The van der Waals surface area contributed by atoms with E-state index < -0.39 is 0 Å². The van der Waals surface area contributed by atoms with Crippen LogP contribution in [0.5, 0.6) is 11.5 Å². The molecule has 3 rings (SSSR count). The number of thioether (sulfide) groups is 1. The second-order valence-electron chi connectivity index (χ2n) is 5.42. The van der Waals surface area contributed by atoms with Crippen molar-refractivity contribution in [2.45, 2.75) is 5.16 Å². The van der Waals surface area contributed by atoms with Crippen molar-refractivity contribution in [3.63, 3.8) is 0 Å². The standard InChI is InChI=1S/C19H19N3O4S/c1-24-15-8-4-13(5-9-15)18-20-19(27-12-17(23)26-3)21-22(18)14-6-10-16(25-2)11-7-14/h4-11H,12H2,1-3H3. The SMILES string of the molecule is COC(=O)CSc1nc(-c2ccc(OC)cc2)n(-c2ccc(OC)cc2)n1. The Balaban J connectivity index is 1.99. The first kappa shape index (κ1) is 18.8. The van der Waals surface area contributed by atoms with Gasteiger partial charge in [0, 0.05) is 5.56 Å². The summed E-state index contributed by atoms with van der Waals surface area (Å²) in [7, 11) is 4.60. The minimum atomic E-state index is -0.327. The fraction of sp³-hybridized carbons (Fsp3) is 0.211. The van der Waals surface area contributed by atoms with E-state index in [0.717, 1.165) is 22.7 Å². The molecule has 7 nitrogen and oxygen atoms in total. The summed E-state index contributed by atoms with van der Waals surface area (Å²) >= 11 is 1.23. The number of methoxy groups -OCH3 is 3. The highest BCUT2D eigenvalue weighted by atomic mass is 32.2. The Morgan fingerprint density at radius 1 is 0.963 bits per heavy atom. The molecular formula is C19H19N3O4S. The van der Waals surface area contributed by atoms with Crippen LogP contribution >= 0.6 is 11.8 Å². The van der Waals surface area contributed by atoms with Crippen molar-refractivity contribution < 1.29 is 19.0 Å². The van der Waals surface area contributed by atoms with Crippen LogP contribution in [0.1, 0.15) is 0 Å². The Kier molecular flexibility index (Phi) is 5.97. The van der Waals surface area contributed by atoms with E-state index in [2.05, 4.69) is 14.8 Å². The number of rotatable bonds is 7. The van der Waals surface area contributed by atoms with E-state index in [4.69, 9.17) is 9.47 Å². The van der Waals surface area contributed by atoms with E-state index >= 15 is 0 Å². The molecule has 0 unspecified atom stereocenters. The molecule has 3 aromatic rings. The van der Waals surface area contributed by atoms with Crippen molar-refractivity contribution in [3.8, 4) is 28.6 Å². The first-order chi connectivity index (χ1) is 13.1. The fourth-order valence-electron chi connectivity index (χ4n) is 2.37. The van der Waals surface area contributed by atoms with Gasteiger partial charge in [0.1, 0.15) is 11.5 Å². The molecular weight excluding hydrogens is 366 g/mol. The van der Waals surface area contributed by atoms with Gasteiger partial charge in [-0.25, -0.2) is 9.67 Å². The lowest BCUT2D eigenvalue weighted by molar-refractivity contribution is -0.137. The number of esters is 1. The molecule has 27 heavy (non-hydrogen) atoms. The number of carbonyl (C=O) groups excluding carboxylic acids is 1. The molecule has 0 spiro atoms. The van der Waals surface area contributed by atoms with E-state index in [1.165, 1.54) is 18.9 Å². The number of benzene rings is 2. The van der Waals surface area contributed by atoms with Crippen LogP contribution in [-0.4, -0.2) is 47.8 Å². The van der Waals surface area contributed by atoms with E-state index in [1.54, 1.807) is 18.9 Å². The highest BCUT2D eigenvalue weighted by Crippen LogP contribution is 2.27. The van der Waals surface area contributed by atoms with E-state index in [9.17, 15) is 4.79 Å². The van der Waals surface area contributed by atoms with Gasteiger partial charge in [0.15, 0.2) is 5.82 Å². The maximum Gasteiger partial charge on any atom is 0.316 e. The van der Waals surface area contributed by atoms with Gasteiger partial charge >= 0.3 is 5.97 Å². The molecule has 1 aromatic heterocycles. The second-order valence-corrected chi connectivity index (χ2v) is 6.36. The zero-order valence-electron chi connectivity index (χ0n) is 15.2. The number of carbonyl (C=O) groups is 1. The normalized spacial score (nSPS) is 10.5. The monoisotopic (exact) mass is 385 g/mol. The molecule has 0 atom stereocenters. The summed E-state index contributed by atoms with van der Waals surface area (Å²) in [6.07, 6.45) is 0. The van der Waals surface area contributed by atoms with Gasteiger partial charge in [0.05, 0.1) is 32.8 Å². The van der Waals surface area contributed by atoms with Crippen LogP contribution in [0.15, 0.2) is 53.7 Å². The largest absolute Gasteiger partial charge is 0.497 e. The average Bonchev–Trinajstić information content (AvgIpc) is 3.16. The highest BCUT2D eigenvalue weighted by molar-refractivity contribution is 7.99. The smallest absolute Gasteiger partial charge is 0.316 e. The van der Waals surface area contributed by atoms with Gasteiger partial charge in [-0.2, -0.15) is 0 Å². The Morgan fingerprint density at radius 3 is 2.11 bits per heavy atom. The molecule has 0 saturated carbocycles. The van der Waals surface area contributed by atoms with Gasteiger partial charge in [-0.15, -0.1) is 5.10 Å². The van der Waals surface area contributed by atoms with Crippen LogP contribution in [0.4, 0.5) is 0 Å². The summed E-state index contributed by atoms with van der Waals surface area (Å²) in [5, 5.41) is 5.04. The summed E-state index contributed by atoms with van der Waals surface area (Å²) < 4.78 is 16.8. The number of hydrogen-bond acceptors (Lipinski definition) is 7. The second kappa shape index (κ2) is 8.59. The summed E-state index contributed by atoms with van der Waals surface area (Å²) in [5.74, 6) is 1.99. The number of nitrogens with zero attached hydrogens (tertiary/aromatic N) is 3. The minimum Gasteiger partial charge on any atom is -0.497 e. The quantitative estimate of drug-likeness (QED) is 0.457. The summed E-state index contributed by atoms with van der Waals surface area (Å²) in [5.41, 5.74) is 1.71. The van der Waals surface area contributed by atoms with Crippen molar-refractivity contribution in [1.82, 2.24) is 14.8 Å². The molecule has 0 fully saturated rings. The van der Waals surface area contributed by atoms with Crippen LogP contribution in [0.25, 0.3) is 17.1 Å². The summed E-state index contributed by atoms with van der Waals surface area (Å²) in [6, 6.07) is 15.1. The Hall–Kier alpha value is -3.00. The van der Waals surface area contributed by atoms with Crippen molar-refractivity contribution in [3.05, 3.63) is 48.5 Å². The molecule has 140 valence electrons. The highest BCUT2D eigenvalue weighted by Gasteiger charge is 2.15. The molecule has 8 heteroatoms. The predicted octanol–water partition coefficient (Wildman–Crippen LogP) is 3.22. The van der Waals surface area contributed by atoms with Gasteiger partial charge in [0.25, 0.3) is 0 Å². The molecule has 2 aromatic carbocycles. The van der Waals surface area contributed by atoms with Crippen LogP contribution < -0.4 is 9.47 Å². The lowest BCUT2D eigenvalue weighted by Gasteiger charge is -2.07. The van der Waals surface area contributed by atoms with Crippen LogP contribution in [0, 0.1) is 0 Å². The first-order valence-corrected chi connectivity index (χ1v) is 9.08. The fourth-order valence-corrected chi connectivity index (χ4v) is 3.02. The third-order valence-electron chi connectivity index (χ3n) is 3.80. The van der Waals surface area contributed by atoms with Crippen LogP contribution in [-0.2, 0) is 9.53 Å². The molecule has 0 N–H and O–H groups in total. The molecule has 0 aliphatic rings. The van der Waals surface area contributed by atoms with Gasteiger partial charge in [-0.1, -0.05) is 11.8 Å². The lowest BCUT2D eigenvalue weighted by atomic mass is 10.2. The molecule has 0 saturated heterocycles. The van der Waals surface area contributed by atoms with E-state index in [0.29, 0.717) is 11.0 Å². The first-order valence-electron chi connectivity index (χ1n) is 8.10. The Bertz CT molecular complexity index is 843. The van der Waals surface area contributed by atoms with Crippen LogP contribution in [0.2, 0.25) is 0 Å². The summed E-state index contributed by atoms with van der Waals surface area (Å²) in [4.78, 5) is 16.0. The zero-order valence-corrected chi connectivity index (χ0v) is 16.0. The third-order valence-corrected chi connectivity index (χ3v) is 4.61. The van der Waals surface area contributed by atoms with E-state index in [-0.39, 0.29) is 11.7 Å². The van der Waals surface area contributed by atoms with Gasteiger partial charge in [-0.05, 0) is 48.5 Å². The molecule has 0 aliphatic heterocycles. The van der Waals surface area contributed by atoms with Crippen molar-refractivity contribution in [2.24, 2.45) is 0 Å². The molecule has 0 bridgehead atoms. The molecule has 0 amide bonds. The maximum atomic E-state index is 11.4. The molecule has 1 heterocycles. The Labute approximate surface area is 161 Å². The number of hydrogen-bond donors (Lipinski definition) is 0. The lowest BCUT2D eigenvalue weighted by Crippen LogP contribution is -2.03. The number of aromatic nitrogens is 3. The van der Waals surface area contributed by atoms with E-state index in [1.807, 2.05) is 48.5 Å². The predicted molar refractivity (Wildman–Crippen MR) is 103 cm³/mol. The maximum absolute atomic E-state index is 11.4. The molecule has 0 radical (unpaired) electrons.